The van der Waals surface area contributed by atoms with Gasteiger partial charge >= 0.3 is 17.9 Å². The van der Waals surface area contributed by atoms with E-state index in [0.29, 0.717) is 19.3 Å². The molecule has 6 unspecified atom stereocenters. The predicted molar refractivity (Wildman–Crippen MR) is 94.4 cm³/mol. The highest BCUT2D eigenvalue weighted by atomic mass is 16.5. The largest absolute Gasteiger partial charge is 0.481 e. The summed E-state index contributed by atoms with van der Waals surface area (Å²) < 4.78 is 4.62. The Labute approximate surface area is 154 Å². The van der Waals surface area contributed by atoms with Gasteiger partial charge in [-0.15, -0.1) is 0 Å². The van der Waals surface area contributed by atoms with Gasteiger partial charge in [-0.2, -0.15) is 0 Å². The van der Waals surface area contributed by atoms with Crippen molar-refractivity contribution in [2.24, 2.45) is 35.5 Å². The summed E-state index contributed by atoms with van der Waals surface area (Å²) in [5.74, 6) is -1.94. The van der Waals surface area contributed by atoms with Crippen molar-refractivity contribution in [1.29, 1.82) is 0 Å². The monoisotopic (exact) mass is 372 g/mol. The number of rotatable bonds is 6. The van der Waals surface area contributed by atoms with E-state index in [4.69, 9.17) is 15.3 Å². The number of esters is 1. The fourth-order valence-electron chi connectivity index (χ4n) is 4.38. The van der Waals surface area contributed by atoms with Crippen LogP contribution in [0.15, 0.2) is 0 Å². The molecule has 26 heavy (non-hydrogen) atoms. The highest BCUT2D eigenvalue weighted by Crippen LogP contribution is 2.39. The maximum Gasteiger partial charge on any atom is 0.308 e. The highest BCUT2D eigenvalue weighted by molar-refractivity contribution is 5.76. The summed E-state index contributed by atoms with van der Waals surface area (Å²) in [5.41, 5.74) is 0. The van der Waals surface area contributed by atoms with E-state index in [0.717, 1.165) is 19.3 Å². The number of hydrogen-bond acceptors (Lipinski definition) is 5. The summed E-state index contributed by atoms with van der Waals surface area (Å²) in [6, 6.07) is 0. The molecule has 2 aliphatic rings. The van der Waals surface area contributed by atoms with Gasteiger partial charge < -0.3 is 20.1 Å². The SMILES string of the molecule is CCC1CC(C(=O)OC)CC1C(=O)O.CCC1CC(CO)CC1C(=O)O. The third-order valence-electron chi connectivity index (χ3n) is 5.96. The Morgan fingerprint density at radius 2 is 1.38 bits per heavy atom. The van der Waals surface area contributed by atoms with Crippen molar-refractivity contribution in [3.63, 3.8) is 0 Å². The standard InChI is InChI=1S/C10H16O4.C9H16O3/c1-3-6-4-7(10(13)14-2)5-8(6)9(11)12;1-2-7-3-6(5-10)4-8(7)9(11)12/h6-8H,3-5H2,1-2H3,(H,11,12);6-8,10H,2-5H2,1H3,(H,11,12). The number of carbonyl (C=O) groups is 3. The zero-order valence-corrected chi connectivity index (χ0v) is 15.9. The van der Waals surface area contributed by atoms with Gasteiger partial charge in [0.2, 0.25) is 0 Å². The van der Waals surface area contributed by atoms with Crippen molar-refractivity contribution in [2.45, 2.75) is 52.4 Å². The average molecular weight is 372 g/mol. The minimum atomic E-state index is -0.789. The zero-order chi connectivity index (χ0) is 19.9. The van der Waals surface area contributed by atoms with E-state index in [1.54, 1.807) is 0 Å². The van der Waals surface area contributed by atoms with Gasteiger partial charge in [-0.3, -0.25) is 14.4 Å². The van der Waals surface area contributed by atoms with Crippen molar-refractivity contribution in [1.82, 2.24) is 0 Å². The second-order valence-electron chi connectivity index (χ2n) is 7.44. The van der Waals surface area contributed by atoms with Crippen LogP contribution in [-0.2, 0) is 19.1 Å². The molecular formula is C19H32O7. The van der Waals surface area contributed by atoms with Crippen LogP contribution in [0.2, 0.25) is 0 Å². The van der Waals surface area contributed by atoms with Gasteiger partial charge in [0.25, 0.3) is 0 Å². The molecule has 0 heterocycles. The van der Waals surface area contributed by atoms with Gasteiger partial charge in [0.1, 0.15) is 0 Å². The van der Waals surface area contributed by atoms with Gasteiger partial charge in [0, 0.05) is 6.61 Å². The number of aliphatic hydroxyl groups excluding tert-OH is 1. The van der Waals surface area contributed by atoms with Crippen molar-refractivity contribution >= 4 is 17.9 Å². The second kappa shape index (κ2) is 10.5. The topological polar surface area (TPSA) is 121 Å². The summed E-state index contributed by atoms with van der Waals surface area (Å²) in [4.78, 5) is 32.9. The van der Waals surface area contributed by atoms with E-state index in [-0.39, 0.29) is 48.1 Å². The molecule has 7 nitrogen and oxygen atoms in total. The van der Waals surface area contributed by atoms with Gasteiger partial charge in [0.05, 0.1) is 24.9 Å². The molecule has 2 aliphatic carbocycles. The minimum absolute atomic E-state index is 0.122. The summed E-state index contributed by atoms with van der Waals surface area (Å²) in [7, 11) is 1.34. The Kier molecular flexibility index (Phi) is 9.05. The van der Waals surface area contributed by atoms with Gasteiger partial charge in [-0.25, -0.2) is 0 Å². The molecule has 0 aliphatic heterocycles. The fraction of sp³-hybridized carbons (Fsp3) is 0.842. The molecule has 0 aromatic rings. The Morgan fingerprint density at radius 1 is 0.885 bits per heavy atom. The molecule has 7 heteroatoms. The maximum atomic E-state index is 11.2. The van der Waals surface area contributed by atoms with Crippen molar-refractivity contribution in [3.05, 3.63) is 0 Å². The van der Waals surface area contributed by atoms with Crippen LogP contribution in [0.4, 0.5) is 0 Å². The zero-order valence-electron chi connectivity index (χ0n) is 15.9. The van der Waals surface area contributed by atoms with Crippen molar-refractivity contribution < 1.29 is 34.4 Å². The minimum Gasteiger partial charge on any atom is -0.481 e. The third-order valence-corrected chi connectivity index (χ3v) is 5.96. The second-order valence-corrected chi connectivity index (χ2v) is 7.44. The van der Waals surface area contributed by atoms with E-state index in [2.05, 4.69) is 4.74 Å². The van der Waals surface area contributed by atoms with E-state index >= 15 is 0 Å². The maximum absolute atomic E-state index is 11.2. The number of aliphatic carboxylic acids is 2. The molecule has 0 spiro atoms. The first-order valence-corrected chi connectivity index (χ1v) is 9.43. The number of carboxylic acids is 2. The molecule has 2 fully saturated rings. The van der Waals surface area contributed by atoms with E-state index in [1.807, 2.05) is 13.8 Å². The molecule has 0 amide bonds. The highest BCUT2D eigenvalue weighted by Gasteiger charge is 2.41. The lowest BCUT2D eigenvalue weighted by Gasteiger charge is -2.11. The van der Waals surface area contributed by atoms with Crippen molar-refractivity contribution in [3.8, 4) is 0 Å². The van der Waals surface area contributed by atoms with E-state index in [9.17, 15) is 14.4 Å². The molecular weight excluding hydrogens is 340 g/mol. The molecule has 3 N–H and O–H groups in total. The molecule has 2 saturated carbocycles. The molecule has 6 atom stereocenters. The first kappa shape index (κ1) is 22.4. The molecule has 0 saturated heterocycles. The Hall–Kier alpha value is -1.63. The fourth-order valence-corrected chi connectivity index (χ4v) is 4.38. The molecule has 0 aromatic carbocycles. The number of methoxy groups -OCH3 is 1. The number of ether oxygens (including phenoxy) is 1. The van der Waals surface area contributed by atoms with E-state index in [1.165, 1.54) is 7.11 Å². The van der Waals surface area contributed by atoms with Crippen LogP contribution in [-0.4, -0.2) is 46.9 Å². The molecule has 0 bridgehead atoms. The van der Waals surface area contributed by atoms with Crippen LogP contribution < -0.4 is 0 Å². The number of hydrogen-bond donors (Lipinski definition) is 3. The summed E-state index contributed by atoms with van der Waals surface area (Å²) in [6.07, 6.45) is 4.34. The van der Waals surface area contributed by atoms with Crippen LogP contribution in [0.5, 0.6) is 0 Å². The third kappa shape index (κ3) is 5.69. The molecule has 0 radical (unpaired) electrons. The smallest absolute Gasteiger partial charge is 0.308 e. The van der Waals surface area contributed by atoms with Crippen LogP contribution in [0, 0.1) is 35.5 Å². The summed E-state index contributed by atoms with van der Waals surface area (Å²) in [6.45, 7) is 4.11. The average Bonchev–Trinajstić information content (AvgIpc) is 3.25. The van der Waals surface area contributed by atoms with Crippen molar-refractivity contribution in [2.75, 3.05) is 13.7 Å². The lowest BCUT2D eigenvalue weighted by atomic mass is 9.94. The lowest BCUT2D eigenvalue weighted by molar-refractivity contribution is -0.146. The van der Waals surface area contributed by atoms with Crippen LogP contribution in [0.3, 0.4) is 0 Å². The Balaban J connectivity index is 0.000000263. The van der Waals surface area contributed by atoms with Crippen LogP contribution in [0.25, 0.3) is 0 Å². The first-order chi connectivity index (χ1) is 12.3. The Morgan fingerprint density at radius 3 is 1.73 bits per heavy atom. The predicted octanol–water partition coefficient (Wildman–Crippen LogP) is 2.41. The van der Waals surface area contributed by atoms with Gasteiger partial charge in [0.15, 0.2) is 0 Å². The van der Waals surface area contributed by atoms with Crippen LogP contribution >= 0.6 is 0 Å². The number of carboxylic acid groups (broad SMARTS) is 2. The summed E-state index contributed by atoms with van der Waals surface area (Å²) in [5, 5.41) is 26.7. The van der Waals surface area contributed by atoms with E-state index < -0.39 is 11.9 Å². The molecule has 0 aromatic heterocycles. The van der Waals surface area contributed by atoms with Gasteiger partial charge in [-0.1, -0.05) is 26.7 Å². The summed E-state index contributed by atoms with van der Waals surface area (Å²) >= 11 is 0. The quantitative estimate of drug-likeness (QED) is 0.612. The number of aliphatic hydroxyl groups is 1. The molecule has 150 valence electrons. The normalized spacial score (nSPS) is 33.2. The Bertz CT molecular complexity index is 490. The first-order valence-electron chi connectivity index (χ1n) is 9.43. The van der Waals surface area contributed by atoms with Gasteiger partial charge in [-0.05, 0) is 43.4 Å². The lowest BCUT2D eigenvalue weighted by Crippen LogP contribution is -2.18. The van der Waals surface area contributed by atoms with Crippen LogP contribution in [0.1, 0.15) is 52.4 Å². The molecule has 2 rings (SSSR count). The number of carbonyl (C=O) groups excluding carboxylic acids is 1.